The molecule has 5 nitrogen and oxygen atoms in total. The molecule has 1 atom stereocenters. The van der Waals surface area contributed by atoms with Gasteiger partial charge in [0.2, 0.25) is 0 Å². The molecule has 1 heterocycles. The minimum Gasteiger partial charge on any atom is -0.370 e. The maximum absolute atomic E-state index is 5.81. The van der Waals surface area contributed by atoms with Crippen molar-refractivity contribution in [2.24, 2.45) is 16.6 Å². The molecule has 1 rings (SSSR count). The van der Waals surface area contributed by atoms with Gasteiger partial charge in [-0.3, -0.25) is 4.99 Å². The highest BCUT2D eigenvalue weighted by molar-refractivity contribution is 5.78. The smallest absolute Gasteiger partial charge is 0.188 e. The van der Waals surface area contributed by atoms with Crippen LogP contribution in [0.5, 0.6) is 0 Å². The number of piperazine rings is 1. The Hall–Kier alpha value is -0.810. The normalized spacial score (nSPS) is 20.8. The van der Waals surface area contributed by atoms with Gasteiger partial charge in [0.25, 0.3) is 0 Å². The number of nitrogens with one attached hydrogen (secondary N) is 1. The Kier molecular flexibility index (Phi) is 7.16. The van der Waals surface area contributed by atoms with E-state index in [4.69, 9.17) is 5.73 Å². The van der Waals surface area contributed by atoms with E-state index < -0.39 is 0 Å². The fourth-order valence-electron chi connectivity index (χ4n) is 2.38. The number of hydrogen-bond donors (Lipinski definition) is 2. The summed E-state index contributed by atoms with van der Waals surface area (Å²) in [7, 11) is 0. The van der Waals surface area contributed by atoms with Crippen molar-refractivity contribution in [3.05, 3.63) is 0 Å². The van der Waals surface area contributed by atoms with Crippen LogP contribution in [0, 0.1) is 5.92 Å². The van der Waals surface area contributed by atoms with Crippen LogP contribution in [0.2, 0.25) is 0 Å². The van der Waals surface area contributed by atoms with Crippen LogP contribution in [0.4, 0.5) is 0 Å². The summed E-state index contributed by atoms with van der Waals surface area (Å²) in [5.74, 6) is 1.12. The molecule has 0 aromatic heterocycles. The lowest BCUT2D eigenvalue weighted by Gasteiger charge is -2.35. The number of hydrogen-bond acceptors (Lipinski definition) is 3. The van der Waals surface area contributed by atoms with Gasteiger partial charge in [-0.25, -0.2) is 0 Å². The number of nitrogens with zero attached hydrogens (tertiary/aromatic N) is 3. The average Bonchev–Trinajstić information content (AvgIpc) is 2.36. The molecule has 1 saturated heterocycles. The van der Waals surface area contributed by atoms with Crippen LogP contribution in [0.3, 0.4) is 0 Å². The molecule has 0 aromatic carbocycles. The second-order valence-electron chi connectivity index (χ2n) is 5.87. The fourth-order valence-corrected chi connectivity index (χ4v) is 2.38. The Morgan fingerprint density at radius 2 is 1.74 bits per heavy atom. The van der Waals surface area contributed by atoms with Crippen LogP contribution >= 0.6 is 0 Å². The van der Waals surface area contributed by atoms with Crippen molar-refractivity contribution in [3.8, 4) is 0 Å². The van der Waals surface area contributed by atoms with Crippen molar-refractivity contribution in [1.29, 1.82) is 0 Å². The zero-order valence-electron chi connectivity index (χ0n) is 13.0. The molecule has 1 fully saturated rings. The number of aliphatic imine (C=N–C) groups is 1. The summed E-state index contributed by atoms with van der Waals surface area (Å²) in [5, 5.41) is 3.12. The number of rotatable bonds is 6. The van der Waals surface area contributed by atoms with E-state index in [2.05, 4.69) is 47.8 Å². The summed E-state index contributed by atoms with van der Waals surface area (Å²) < 4.78 is 0. The first kappa shape index (κ1) is 16.2. The molecule has 19 heavy (non-hydrogen) atoms. The number of likely N-dealkylation sites (N-methyl/N-ethyl adjacent to an activating group) is 1. The first-order chi connectivity index (χ1) is 9.01. The van der Waals surface area contributed by atoms with Gasteiger partial charge >= 0.3 is 0 Å². The van der Waals surface area contributed by atoms with Crippen LogP contribution < -0.4 is 11.1 Å². The lowest BCUT2D eigenvalue weighted by atomic mass is 10.1. The molecule has 0 radical (unpaired) electrons. The average molecular weight is 269 g/mol. The van der Waals surface area contributed by atoms with E-state index in [1.54, 1.807) is 0 Å². The Morgan fingerprint density at radius 3 is 2.26 bits per heavy atom. The molecule has 0 aromatic rings. The second-order valence-corrected chi connectivity index (χ2v) is 5.87. The van der Waals surface area contributed by atoms with Crippen LogP contribution in [0.1, 0.15) is 27.7 Å². The number of nitrogens with two attached hydrogens (primary N) is 1. The summed E-state index contributed by atoms with van der Waals surface area (Å²) in [6.07, 6.45) is 0. The molecule has 5 heteroatoms. The van der Waals surface area contributed by atoms with E-state index in [0.29, 0.717) is 17.9 Å². The maximum Gasteiger partial charge on any atom is 0.188 e. The van der Waals surface area contributed by atoms with Gasteiger partial charge in [0, 0.05) is 45.3 Å². The van der Waals surface area contributed by atoms with Crippen molar-refractivity contribution in [2.45, 2.75) is 33.7 Å². The molecular formula is C14H31N5. The third-order valence-electron chi connectivity index (χ3n) is 3.49. The summed E-state index contributed by atoms with van der Waals surface area (Å²) in [4.78, 5) is 9.45. The van der Waals surface area contributed by atoms with Gasteiger partial charge in [-0.15, -0.1) is 0 Å². The van der Waals surface area contributed by atoms with E-state index in [1.807, 2.05) is 0 Å². The fraction of sp³-hybridized carbons (Fsp3) is 0.929. The Morgan fingerprint density at radius 1 is 1.16 bits per heavy atom. The van der Waals surface area contributed by atoms with Gasteiger partial charge in [0.15, 0.2) is 5.96 Å². The third-order valence-corrected chi connectivity index (χ3v) is 3.49. The maximum atomic E-state index is 5.81. The molecular weight excluding hydrogens is 238 g/mol. The van der Waals surface area contributed by atoms with E-state index in [1.165, 1.54) is 32.7 Å². The molecule has 0 saturated carbocycles. The van der Waals surface area contributed by atoms with E-state index in [9.17, 15) is 0 Å². The number of guanidine groups is 1. The Balaban J connectivity index is 2.22. The monoisotopic (exact) mass is 269 g/mol. The third kappa shape index (κ3) is 6.78. The Labute approximate surface area is 118 Å². The minimum atomic E-state index is 0.348. The first-order valence-electron chi connectivity index (χ1n) is 7.52. The summed E-state index contributed by atoms with van der Waals surface area (Å²) in [6.45, 7) is 16.5. The summed E-state index contributed by atoms with van der Waals surface area (Å²) in [5.41, 5.74) is 5.81. The lowest BCUT2D eigenvalue weighted by Crippen LogP contribution is -2.47. The molecule has 1 unspecified atom stereocenters. The SMILES string of the molecule is CCN1CCN(CC(C)CN=C(N)NC(C)C)CC1. The van der Waals surface area contributed by atoms with Crippen molar-refractivity contribution in [2.75, 3.05) is 45.8 Å². The predicted octanol–water partition coefficient (Wildman–Crippen LogP) is 0.573. The minimum absolute atomic E-state index is 0.348. The first-order valence-corrected chi connectivity index (χ1v) is 7.52. The van der Waals surface area contributed by atoms with Crippen molar-refractivity contribution in [1.82, 2.24) is 15.1 Å². The molecule has 1 aliphatic rings. The quantitative estimate of drug-likeness (QED) is 0.547. The molecule has 112 valence electrons. The molecule has 3 N–H and O–H groups in total. The van der Waals surface area contributed by atoms with Crippen LogP contribution in [-0.2, 0) is 0 Å². The Bertz CT molecular complexity index is 269. The lowest BCUT2D eigenvalue weighted by molar-refractivity contribution is 0.125. The molecule has 0 aliphatic carbocycles. The topological polar surface area (TPSA) is 56.9 Å². The van der Waals surface area contributed by atoms with Gasteiger partial charge in [0.05, 0.1) is 0 Å². The van der Waals surface area contributed by atoms with Gasteiger partial charge in [-0.05, 0) is 26.3 Å². The van der Waals surface area contributed by atoms with Crippen molar-refractivity contribution < 1.29 is 0 Å². The molecule has 0 spiro atoms. The predicted molar refractivity (Wildman–Crippen MR) is 82.5 cm³/mol. The van der Waals surface area contributed by atoms with Crippen LogP contribution in [0.25, 0.3) is 0 Å². The summed E-state index contributed by atoms with van der Waals surface area (Å²) in [6, 6.07) is 0.348. The van der Waals surface area contributed by atoms with Crippen molar-refractivity contribution >= 4 is 5.96 Å². The largest absolute Gasteiger partial charge is 0.370 e. The highest BCUT2D eigenvalue weighted by Crippen LogP contribution is 2.05. The van der Waals surface area contributed by atoms with Crippen molar-refractivity contribution in [3.63, 3.8) is 0 Å². The highest BCUT2D eigenvalue weighted by Gasteiger charge is 2.17. The summed E-state index contributed by atoms with van der Waals surface area (Å²) >= 11 is 0. The standard InChI is InChI=1S/C14H31N5/c1-5-18-6-8-19(9-7-18)11-13(4)10-16-14(15)17-12(2)3/h12-13H,5-11H2,1-4H3,(H3,15,16,17). The molecule has 0 amide bonds. The molecule has 0 bridgehead atoms. The van der Waals surface area contributed by atoms with Gasteiger partial charge in [-0.1, -0.05) is 13.8 Å². The van der Waals surface area contributed by atoms with Crippen LogP contribution in [0.15, 0.2) is 4.99 Å². The zero-order valence-corrected chi connectivity index (χ0v) is 13.0. The van der Waals surface area contributed by atoms with Gasteiger partial charge < -0.3 is 20.9 Å². The van der Waals surface area contributed by atoms with E-state index >= 15 is 0 Å². The van der Waals surface area contributed by atoms with Gasteiger partial charge in [0.1, 0.15) is 0 Å². The highest BCUT2D eigenvalue weighted by atomic mass is 15.3. The molecule has 1 aliphatic heterocycles. The van der Waals surface area contributed by atoms with E-state index in [-0.39, 0.29) is 0 Å². The zero-order chi connectivity index (χ0) is 14.3. The van der Waals surface area contributed by atoms with E-state index in [0.717, 1.165) is 13.1 Å². The van der Waals surface area contributed by atoms with Crippen LogP contribution in [-0.4, -0.2) is 67.6 Å². The second kappa shape index (κ2) is 8.38. The van der Waals surface area contributed by atoms with Gasteiger partial charge in [-0.2, -0.15) is 0 Å².